The topological polar surface area (TPSA) is 50.5 Å². The highest BCUT2D eigenvalue weighted by molar-refractivity contribution is 5.78. The maximum atomic E-state index is 12.0. The van der Waals surface area contributed by atoms with Crippen LogP contribution in [0.1, 0.15) is 38.4 Å². The van der Waals surface area contributed by atoms with Crippen molar-refractivity contribution in [1.29, 1.82) is 0 Å². The number of nitrogens with zero attached hydrogens (tertiary/aromatic N) is 4. The fraction of sp³-hybridized carbons (Fsp3) is 0.533. The molecule has 1 aliphatic heterocycles. The van der Waals surface area contributed by atoms with Crippen molar-refractivity contribution in [1.82, 2.24) is 19.5 Å². The first-order valence-corrected chi connectivity index (χ1v) is 7.25. The van der Waals surface area contributed by atoms with E-state index in [-0.39, 0.29) is 11.8 Å². The van der Waals surface area contributed by atoms with Crippen molar-refractivity contribution in [3.8, 4) is 0 Å². The number of piperidine rings is 1. The quantitative estimate of drug-likeness (QED) is 0.841. The Morgan fingerprint density at radius 1 is 1.25 bits per heavy atom. The van der Waals surface area contributed by atoms with Crippen LogP contribution in [0.2, 0.25) is 0 Å². The van der Waals surface area contributed by atoms with Gasteiger partial charge < -0.3 is 4.90 Å². The number of pyridine rings is 1. The molecule has 2 aromatic heterocycles. The molecular formula is C15H20N4O. The van der Waals surface area contributed by atoms with Gasteiger partial charge in [-0.25, -0.2) is 0 Å². The van der Waals surface area contributed by atoms with Gasteiger partial charge in [0.25, 0.3) is 0 Å². The predicted molar refractivity (Wildman–Crippen MR) is 76.4 cm³/mol. The summed E-state index contributed by atoms with van der Waals surface area (Å²) in [4.78, 5) is 14.0. The van der Waals surface area contributed by atoms with Crippen molar-refractivity contribution in [2.45, 2.75) is 32.6 Å². The first-order valence-electron chi connectivity index (χ1n) is 7.25. The lowest BCUT2D eigenvalue weighted by molar-refractivity contribution is -0.135. The summed E-state index contributed by atoms with van der Waals surface area (Å²) in [5, 5.41) is 8.54. The van der Waals surface area contributed by atoms with Crippen molar-refractivity contribution >= 4 is 11.6 Å². The minimum absolute atomic E-state index is 0.0838. The fourth-order valence-corrected chi connectivity index (χ4v) is 2.86. The number of carbonyl (C=O) groups is 1. The zero-order chi connectivity index (χ0) is 14.1. The molecule has 0 atom stereocenters. The van der Waals surface area contributed by atoms with Gasteiger partial charge in [0.05, 0.1) is 0 Å². The monoisotopic (exact) mass is 272 g/mol. The summed E-state index contributed by atoms with van der Waals surface area (Å²) >= 11 is 0. The van der Waals surface area contributed by atoms with Crippen LogP contribution < -0.4 is 0 Å². The van der Waals surface area contributed by atoms with Crippen LogP contribution in [-0.2, 0) is 4.79 Å². The zero-order valence-electron chi connectivity index (χ0n) is 12.0. The second kappa shape index (κ2) is 5.23. The summed E-state index contributed by atoms with van der Waals surface area (Å²) in [6.45, 7) is 5.56. The second-order valence-corrected chi connectivity index (χ2v) is 5.74. The van der Waals surface area contributed by atoms with Crippen LogP contribution in [0.25, 0.3) is 5.65 Å². The summed E-state index contributed by atoms with van der Waals surface area (Å²) in [6, 6.07) is 5.93. The van der Waals surface area contributed by atoms with Crippen molar-refractivity contribution in [3.05, 3.63) is 30.2 Å². The number of likely N-dealkylation sites (tertiary alicyclic amines) is 1. The molecule has 0 aromatic carbocycles. The third kappa shape index (κ3) is 2.28. The molecular weight excluding hydrogens is 252 g/mol. The van der Waals surface area contributed by atoms with E-state index in [4.69, 9.17) is 0 Å². The van der Waals surface area contributed by atoms with Crippen molar-refractivity contribution in [3.63, 3.8) is 0 Å². The van der Waals surface area contributed by atoms with Crippen LogP contribution in [0.15, 0.2) is 24.4 Å². The Balaban J connectivity index is 1.74. The molecule has 3 rings (SSSR count). The van der Waals surface area contributed by atoms with Crippen LogP contribution in [0.3, 0.4) is 0 Å². The van der Waals surface area contributed by atoms with E-state index in [1.54, 1.807) is 0 Å². The molecule has 0 radical (unpaired) electrons. The Morgan fingerprint density at radius 3 is 2.70 bits per heavy atom. The Kier molecular flexibility index (Phi) is 3.42. The Labute approximate surface area is 118 Å². The van der Waals surface area contributed by atoms with Gasteiger partial charge in [-0.05, 0) is 25.0 Å². The predicted octanol–water partition coefficient (Wildman–Crippen LogP) is 2.09. The van der Waals surface area contributed by atoms with Gasteiger partial charge >= 0.3 is 0 Å². The van der Waals surface area contributed by atoms with Gasteiger partial charge in [-0.1, -0.05) is 19.9 Å². The maximum Gasteiger partial charge on any atom is 0.225 e. The molecule has 0 spiro atoms. The molecule has 0 aliphatic carbocycles. The summed E-state index contributed by atoms with van der Waals surface area (Å²) in [5.74, 6) is 1.76. The zero-order valence-corrected chi connectivity index (χ0v) is 12.0. The summed E-state index contributed by atoms with van der Waals surface area (Å²) < 4.78 is 2.06. The minimum Gasteiger partial charge on any atom is -0.342 e. The minimum atomic E-state index is 0.0838. The van der Waals surface area contributed by atoms with Gasteiger partial charge in [-0.15, -0.1) is 10.2 Å². The smallest absolute Gasteiger partial charge is 0.225 e. The van der Waals surface area contributed by atoms with Crippen LogP contribution in [0.5, 0.6) is 0 Å². The molecule has 1 fully saturated rings. The van der Waals surface area contributed by atoms with Gasteiger partial charge in [0.2, 0.25) is 5.91 Å². The number of aromatic nitrogens is 3. The van der Waals surface area contributed by atoms with Gasteiger partial charge in [-0.3, -0.25) is 9.20 Å². The average molecular weight is 272 g/mol. The maximum absolute atomic E-state index is 12.0. The molecule has 5 heteroatoms. The molecule has 1 amide bonds. The van der Waals surface area contributed by atoms with E-state index in [1.807, 2.05) is 43.1 Å². The first kappa shape index (κ1) is 13.1. The molecule has 2 aromatic rings. The Hall–Kier alpha value is -1.91. The number of rotatable bonds is 2. The van der Waals surface area contributed by atoms with Gasteiger partial charge in [0.15, 0.2) is 5.65 Å². The average Bonchev–Trinajstić information content (AvgIpc) is 2.90. The van der Waals surface area contributed by atoms with E-state index in [0.717, 1.165) is 37.4 Å². The molecule has 0 bridgehead atoms. The van der Waals surface area contributed by atoms with Crippen LogP contribution in [0.4, 0.5) is 0 Å². The Morgan fingerprint density at radius 2 is 2.00 bits per heavy atom. The lowest BCUT2D eigenvalue weighted by Gasteiger charge is -2.32. The molecule has 3 heterocycles. The largest absolute Gasteiger partial charge is 0.342 e. The molecule has 0 N–H and O–H groups in total. The van der Waals surface area contributed by atoms with Crippen LogP contribution >= 0.6 is 0 Å². The fourth-order valence-electron chi connectivity index (χ4n) is 2.86. The first-order chi connectivity index (χ1) is 9.66. The molecule has 1 aliphatic rings. The third-order valence-electron chi connectivity index (χ3n) is 4.01. The van der Waals surface area contributed by atoms with E-state index >= 15 is 0 Å². The normalized spacial score (nSPS) is 17.1. The lowest BCUT2D eigenvalue weighted by atomic mass is 9.95. The summed E-state index contributed by atoms with van der Waals surface area (Å²) in [6.07, 6.45) is 3.94. The Bertz CT molecular complexity index is 611. The summed E-state index contributed by atoms with van der Waals surface area (Å²) in [5.41, 5.74) is 0.892. The number of carbonyl (C=O) groups excluding carboxylic acids is 1. The van der Waals surface area contributed by atoms with E-state index in [1.165, 1.54) is 0 Å². The highest BCUT2D eigenvalue weighted by atomic mass is 16.2. The molecule has 106 valence electrons. The van der Waals surface area contributed by atoms with E-state index in [9.17, 15) is 4.79 Å². The number of fused-ring (bicyclic) bond motifs is 1. The van der Waals surface area contributed by atoms with Crippen molar-refractivity contribution < 1.29 is 4.79 Å². The number of hydrogen-bond donors (Lipinski definition) is 0. The SMILES string of the molecule is CC(C)C(=O)N1CCC(c2nnc3ccccn23)CC1. The van der Waals surface area contributed by atoms with Crippen LogP contribution in [0, 0.1) is 5.92 Å². The van der Waals surface area contributed by atoms with Gasteiger partial charge in [-0.2, -0.15) is 0 Å². The standard InChI is InChI=1S/C15H20N4O/c1-11(2)15(20)18-9-6-12(7-10-18)14-17-16-13-5-3-4-8-19(13)14/h3-5,8,11-12H,6-7,9-10H2,1-2H3. The highest BCUT2D eigenvalue weighted by Gasteiger charge is 2.27. The van der Waals surface area contributed by atoms with E-state index in [2.05, 4.69) is 14.6 Å². The lowest BCUT2D eigenvalue weighted by Crippen LogP contribution is -2.40. The molecule has 0 saturated carbocycles. The van der Waals surface area contributed by atoms with Gasteiger partial charge in [0.1, 0.15) is 5.82 Å². The molecule has 1 saturated heterocycles. The van der Waals surface area contributed by atoms with E-state index in [0.29, 0.717) is 5.92 Å². The number of hydrogen-bond acceptors (Lipinski definition) is 3. The molecule has 5 nitrogen and oxygen atoms in total. The van der Waals surface area contributed by atoms with Crippen LogP contribution in [-0.4, -0.2) is 38.5 Å². The van der Waals surface area contributed by atoms with Crippen molar-refractivity contribution in [2.75, 3.05) is 13.1 Å². The van der Waals surface area contributed by atoms with E-state index < -0.39 is 0 Å². The number of amides is 1. The van der Waals surface area contributed by atoms with Gasteiger partial charge in [0, 0.05) is 31.1 Å². The second-order valence-electron chi connectivity index (χ2n) is 5.74. The molecule has 0 unspecified atom stereocenters. The summed E-state index contributed by atoms with van der Waals surface area (Å²) in [7, 11) is 0. The molecule has 20 heavy (non-hydrogen) atoms. The van der Waals surface area contributed by atoms with Crippen molar-refractivity contribution in [2.24, 2.45) is 5.92 Å². The third-order valence-corrected chi connectivity index (χ3v) is 4.01. The highest BCUT2D eigenvalue weighted by Crippen LogP contribution is 2.27.